The first-order valence-corrected chi connectivity index (χ1v) is 6.20. The minimum atomic E-state index is 0.827. The van der Waals surface area contributed by atoms with Crippen LogP contribution in [0.5, 0.6) is 0 Å². The maximum absolute atomic E-state index is 3.54. The molecular weight excluding hydrogens is 196 g/mol. The van der Waals surface area contributed by atoms with Gasteiger partial charge in [0.15, 0.2) is 0 Å². The van der Waals surface area contributed by atoms with Crippen LogP contribution < -0.4 is 5.32 Å². The van der Waals surface area contributed by atoms with Crippen molar-refractivity contribution in [1.82, 2.24) is 10.2 Å². The van der Waals surface area contributed by atoms with E-state index in [0.29, 0.717) is 0 Å². The summed E-state index contributed by atoms with van der Waals surface area (Å²) in [6.45, 7) is 2.15. The molecule has 16 heavy (non-hydrogen) atoms. The average Bonchev–Trinajstić information content (AvgIpc) is 3.04. The molecule has 1 aromatic rings. The quantitative estimate of drug-likeness (QED) is 0.786. The zero-order valence-electron chi connectivity index (χ0n) is 10.4. The van der Waals surface area contributed by atoms with Crippen molar-refractivity contribution >= 4 is 0 Å². The predicted octanol–water partition coefficient (Wildman–Crippen LogP) is 2.04. The van der Waals surface area contributed by atoms with Gasteiger partial charge >= 0.3 is 0 Å². The van der Waals surface area contributed by atoms with E-state index in [1.165, 1.54) is 24.0 Å². The van der Waals surface area contributed by atoms with Crippen molar-refractivity contribution in [3.8, 4) is 0 Å². The van der Waals surface area contributed by atoms with Crippen LogP contribution in [0.25, 0.3) is 0 Å². The molecule has 0 atom stereocenters. The van der Waals surface area contributed by atoms with Gasteiger partial charge in [0, 0.05) is 12.6 Å². The van der Waals surface area contributed by atoms with Crippen LogP contribution in [0.4, 0.5) is 0 Å². The lowest BCUT2D eigenvalue weighted by Crippen LogP contribution is -2.19. The maximum Gasteiger partial charge on any atom is 0.0227 e. The molecule has 0 bridgehead atoms. The Bertz CT molecular complexity index is 312. The van der Waals surface area contributed by atoms with Crippen LogP contribution in [0, 0.1) is 0 Å². The number of nitrogens with zero attached hydrogens (tertiary/aromatic N) is 1. The fourth-order valence-electron chi connectivity index (χ4n) is 1.88. The smallest absolute Gasteiger partial charge is 0.0227 e. The lowest BCUT2D eigenvalue weighted by atomic mass is 10.1. The highest BCUT2D eigenvalue weighted by atomic mass is 15.0. The molecule has 1 aliphatic carbocycles. The van der Waals surface area contributed by atoms with Gasteiger partial charge < -0.3 is 10.2 Å². The highest BCUT2D eigenvalue weighted by Gasteiger charge is 2.19. The summed E-state index contributed by atoms with van der Waals surface area (Å²) in [6, 6.07) is 9.83. The van der Waals surface area contributed by atoms with E-state index in [0.717, 1.165) is 25.6 Å². The number of hydrogen-bond donors (Lipinski definition) is 1. The number of benzene rings is 1. The van der Waals surface area contributed by atoms with E-state index < -0.39 is 0 Å². The van der Waals surface area contributed by atoms with Gasteiger partial charge in [-0.2, -0.15) is 0 Å². The van der Waals surface area contributed by atoms with Gasteiger partial charge in [0.1, 0.15) is 0 Å². The second-order valence-corrected chi connectivity index (χ2v) is 5.03. The summed E-state index contributed by atoms with van der Waals surface area (Å²) in [4.78, 5) is 2.20. The van der Waals surface area contributed by atoms with Crippen LogP contribution in [0.2, 0.25) is 0 Å². The minimum absolute atomic E-state index is 0.827. The van der Waals surface area contributed by atoms with Crippen molar-refractivity contribution in [3.05, 3.63) is 35.4 Å². The molecule has 2 nitrogen and oxygen atoms in total. The third-order valence-electron chi connectivity index (χ3n) is 2.95. The lowest BCUT2D eigenvalue weighted by molar-refractivity contribution is 0.402. The Morgan fingerprint density at radius 2 is 1.75 bits per heavy atom. The van der Waals surface area contributed by atoms with E-state index >= 15 is 0 Å². The fourth-order valence-corrected chi connectivity index (χ4v) is 1.88. The van der Waals surface area contributed by atoms with E-state index in [1.54, 1.807) is 0 Å². The summed E-state index contributed by atoms with van der Waals surface area (Å²) in [7, 11) is 4.21. The van der Waals surface area contributed by atoms with Crippen LogP contribution in [-0.2, 0) is 13.0 Å². The van der Waals surface area contributed by atoms with Gasteiger partial charge in [-0.05, 0) is 51.0 Å². The van der Waals surface area contributed by atoms with Gasteiger partial charge in [0.05, 0.1) is 0 Å². The third kappa shape index (κ3) is 3.95. The van der Waals surface area contributed by atoms with Crippen LogP contribution >= 0.6 is 0 Å². The van der Waals surface area contributed by atoms with Crippen molar-refractivity contribution in [2.75, 3.05) is 20.6 Å². The number of nitrogens with one attached hydrogen (secondary N) is 1. The molecule has 2 rings (SSSR count). The maximum atomic E-state index is 3.54. The molecule has 0 saturated heterocycles. The molecule has 2 heteroatoms. The summed E-state index contributed by atoms with van der Waals surface area (Å²) in [5.41, 5.74) is 2.83. The van der Waals surface area contributed by atoms with Crippen molar-refractivity contribution in [2.45, 2.75) is 31.8 Å². The van der Waals surface area contributed by atoms with E-state index in [2.05, 4.69) is 48.6 Å². The zero-order valence-corrected chi connectivity index (χ0v) is 10.4. The van der Waals surface area contributed by atoms with Crippen molar-refractivity contribution in [1.29, 1.82) is 0 Å². The predicted molar refractivity (Wildman–Crippen MR) is 68.6 cm³/mol. The number of rotatable bonds is 6. The molecular formula is C14H22N2. The highest BCUT2D eigenvalue weighted by molar-refractivity contribution is 5.22. The summed E-state index contributed by atoms with van der Waals surface area (Å²) in [5.74, 6) is 0. The van der Waals surface area contributed by atoms with E-state index in [9.17, 15) is 0 Å². The molecule has 0 spiro atoms. The monoisotopic (exact) mass is 218 g/mol. The molecule has 1 N–H and O–H groups in total. The van der Waals surface area contributed by atoms with Crippen LogP contribution in [0.15, 0.2) is 24.3 Å². The normalized spacial score (nSPS) is 15.7. The standard InChI is InChI=1S/C14H22N2/c1-16(2)11-13-5-3-12(4-6-13)9-10-15-14-7-8-14/h3-6,14-15H,7-11H2,1-2H3. The Labute approximate surface area is 98.7 Å². The van der Waals surface area contributed by atoms with Crippen molar-refractivity contribution < 1.29 is 0 Å². The molecule has 0 heterocycles. The number of hydrogen-bond acceptors (Lipinski definition) is 2. The zero-order chi connectivity index (χ0) is 11.4. The summed E-state index contributed by atoms with van der Waals surface area (Å²) < 4.78 is 0. The van der Waals surface area contributed by atoms with Gasteiger partial charge in [-0.25, -0.2) is 0 Å². The molecule has 0 amide bonds. The second kappa shape index (κ2) is 5.46. The molecule has 0 aromatic heterocycles. The van der Waals surface area contributed by atoms with E-state index in [4.69, 9.17) is 0 Å². The Kier molecular flexibility index (Phi) is 3.97. The second-order valence-electron chi connectivity index (χ2n) is 5.03. The van der Waals surface area contributed by atoms with Crippen LogP contribution in [0.3, 0.4) is 0 Å². The summed E-state index contributed by atoms with van der Waals surface area (Å²) >= 11 is 0. The first-order valence-electron chi connectivity index (χ1n) is 6.20. The molecule has 1 aromatic carbocycles. The molecule has 1 aliphatic rings. The Balaban J connectivity index is 1.76. The third-order valence-corrected chi connectivity index (χ3v) is 2.95. The van der Waals surface area contributed by atoms with Gasteiger partial charge in [0.25, 0.3) is 0 Å². The van der Waals surface area contributed by atoms with E-state index in [1.807, 2.05) is 0 Å². The fraction of sp³-hybridized carbons (Fsp3) is 0.571. The van der Waals surface area contributed by atoms with Crippen molar-refractivity contribution in [3.63, 3.8) is 0 Å². The summed E-state index contributed by atoms with van der Waals surface area (Å²) in [5, 5.41) is 3.54. The first-order chi connectivity index (χ1) is 7.74. The molecule has 88 valence electrons. The average molecular weight is 218 g/mol. The Morgan fingerprint density at radius 3 is 2.31 bits per heavy atom. The van der Waals surface area contributed by atoms with Gasteiger partial charge in [-0.3, -0.25) is 0 Å². The largest absolute Gasteiger partial charge is 0.314 e. The highest BCUT2D eigenvalue weighted by Crippen LogP contribution is 2.18. The molecule has 0 radical (unpaired) electrons. The molecule has 1 fully saturated rings. The molecule has 0 aliphatic heterocycles. The van der Waals surface area contributed by atoms with E-state index in [-0.39, 0.29) is 0 Å². The van der Waals surface area contributed by atoms with Gasteiger partial charge in [-0.15, -0.1) is 0 Å². The van der Waals surface area contributed by atoms with Gasteiger partial charge in [-0.1, -0.05) is 24.3 Å². The van der Waals surface area contributed by atoms with Crippen LogP contribution in [-0.4, -0.2) is 31.6 Å². The van der Waals surface area contributed by atoms with Crippen LogP contribution in [0.1, 0.15) is 24.0 Å². The topological polar surface area (TPSA) is 15.3 Å². The Hall–Kier alpha value is -0.860. The molecule has 0 unspecified atom stereocenters. The molecule has 1 saturated carbocycles. The Morgan fingerprint density at radius 1 is 1.12 bits per heavy atom. The first kappa shape index (κ1) is 11.6. The minimum Gasteiger partial charge on any atom is -0.314 e. The van der Waals surface area contributed by atoms with Gasteiger partial charge in [0.2, 0.25) is 0 Å². The lowest BCUT2D eigenvalue weighted by Gasteiger charge is -2.10. The SMILES string of the molecule is CN(C)Cc1ccc(CCNC2CC2)cc1. The van der Waals surface area contributed by atoms with Crippen molar-refractivity contribution in [2.24, 2.45) is 0 Å². The summed E-state index contributed by atoms with van der Waals surface area (Å²) in [6.07, 6.45) is 3.91.